The number of carbonyl (C=O) groups excluding carboxylic acids is 2. The Labute approximate surface area is 162 Å². The van der Waals surface area contributed by atoms with Crippen molar-refractivity contribution < 1.29 is 9.59 Å². The second-order valence-corrected chi connectivity index (χ2v) is 7.58. The van der Waals surface area contributed by atoms with E-state index in [-0.39, 0.29) is 11.8 Å². The number of rotatable bonds is 6. The number of piperazine rings is 1. The molecule has 2 saturated heterocycles. The maximum absolute atomic E-state index is 12.5. The highest BCUT2D eigenvalue weighted by Crippen LogP contribution is 2.11. The van der Waals surface area contributed by atoms with Gasteiger partial charge in [-0.2, -0.15) is 0 Å². The molecule has 0 unspecified atom stereocenters. The van der Waals surface area contributed by atoms with Crippen molar-refractivity contribution in [1.82, 2.24) is 14.7 Å². The first kappa shape index (κ1) is 19.8. The summed E-state index contributed by atoms with van der Waals surface area (Å²) in [7, 11) is 0. The number of anilines is 1. The van der Waals surface area contributed by atoms with Crippen LogP contribution < -0.4 is 5.32 Å². The van der Waals surface area contributed by atoms with E-state index < -0.39 is 0 Å². The molecule has 0 radical (unpaired) electrons. The van der Waals surface area contributed by atoms with E-state index in [1.54, 1.807) is 0 Å². The number of amides is 2. The Balaban J connectivity index is 1.32. The molecule has 2 aliphatic heterocycles. The zero-order chi connectivity index (χ0) is 18.9. The molecule has 6 heteroatoms. The first-order valence-corrected chi connectivity index (χ1v) is 10.3. The van der Waals surface area contributed by atoms with Gasteiger partial charge in [-0.25, -0.2) is 0 Å². The predicted octanol–water partition coefficient (Wildman–Crippen LogP) is 2.04. The summed E-state index contributed by atoms with van der Waals surface area (Å²) in [6, 6.07) is 9.58. The fourth-order valence-electron chi connectivity index (χ4n) is 3.79. The number of para-hydroxylation sites is 1. The van der Waals surface area contributed by atoms with Gasteiger partial charge in [0, 0.05) is 57.9 Å². The van der Waals surface area contributed by atoms with Gasteiger partial charge in [-0.3, -0.25) is 14.5 Å². The minimum absolute atomic E-state index is 0.0555. The topological polar surface area (TPSA) is 55.9 Å². The highest BCUT2D eigenvalue weighted by molar-refractivity contribution is 5.90. The highest BCUT2D eigenvalue weighted by Gasteiger charge is 2.22. The van der Waals surface area contributed by atoms with E-state index in [2.05, 4.69) is 15.1 Å². The summed E-state index contributed by atoms with van der Waals surface area (Å²) < 4.78 is 0. The smallest absolute Gasteiger partial charge is 0.236 e. The standard InChI is InChI=1S/C21H32N4O2/c26-20(22-19-8-4-3-5-9-19)10-13-23-14-16-24(17-15-23)18-21(27)25-11-6-1-2-7-12-25/h3-5,8-9H,1-2,6-7,10-18H2,(H,22,26). The van der Waals surface area contributed by atoms with Gasteiger partial charge in [-0.1, -0.05) is 31.0 Å². The van der Waals surface area contributed by atoms with Crippen LogP contribution in [0.2, 0.25) is 0 Å². The fourth-order valence-corrected chi connectivity index (χ4v) is 3.79. The monoisotopic (exact) mass is 372 g/mol. The van der Waals surface area contributed by atoms with E-state index in [1.165, 1.54) is 12.8 Å². The second kappa shape index (κ2) is 10.4. The summed E-state index contributed by atoms with van der Waals surface area (Å²) in [5.41, 5.74) is 0.847. The summed E-state index contributed by atoms with van der Waals surface area (Å²) in [5.74, 6) is 0.340. The third kappa shape index (κ3) is 6.63. The average Bonchev–Trinajstić information content (AvgIpc) is 2.98. The lowest BCUT2D eigenvalue weighted by atomic mass is 10.2. The molecule has 0 aliphatic carbocycles. The van der Waals surface area contributed by atoms with Crippen molar-refractivity contribution >= 4 is 17.5 Å². The molecule has 1 N–H and O–H groups in total. The summed E-state index contributed by atoms with van der Waals surface area (Å²) in [6.45, 7) is 6.82. The fraction of sp³-hybridized carbons (Fsp3) is 0.619. The Morgan fingerprint density at radius 2 is 1.44 bits per heavy atom. The molecule has 1 aromatic carbocycles. The van der Waals surface area contributed by atoms with Crippen LogP contribution in [-0.2, 0) is 9.59 Å². The van der Waals surface area contributed by atoms with Crippen molar-refractivity contribution in [2.75, 3.05) is 57.7 Å². The summed E-state index contributed by atoms with van der Waals surface area (Å²) in [4.78, 5) is 31.2. The van der Waals surface area contributed by atoms with Crippen LogP contribution in [0.15, 0.2) is 30.3 Å². The van der Waals surface area contributed by atoms with E-state index in [4.69, 9.17) is 0 Å². The molecule has 3 rings (SSSR count). The second-order valence-electron chi connectivity index (χ2n) is 7.58. The molecule has 27 heavy (non-hydrogen) atoms. The molecular weight excluding hydrogens is 340 g/mol. The van der Waals surface area contributed by atoms with Gasteiger partial charge in [-0.05, 0) is 25.0 Å². The summed E-state index contributed by atoms with van der Waals surface area (Å²) in [5, 5.41) is 2.93. The zero-order valence-corrected chi connectivity index (χ0v) is 16.2. The van der Waals surface area contributed by atoms with Gasteiger partial charge in [0.05, 0.1) is 6.54 Å². The molecule has 0 aromatic heterocycles. The maximum atomic E-state index is 12.5. The number of nitrogens with zero attached hydrogens (tertiary/aromatic N) is 3. The Bertz CT molecular complexity index is 591. The molecular formula is C21H32N4O2. The van der Waals surface area contributed by atoms with Gasteiger partial charge in [0.1, 0.15) is 0 Å². The van der Waals surface area contributed by atoms with Crippen LogP contribution >= 0.6 is 0 Å². The molecule has 0 atom stereocenters. The predicted molar refractivity (Wildman–Crippen MR) is 108 cm³/mol. The number of benzene rings is 1. The number of likely N-dealkylation sites (tertiary alicyclic amines) is 1. The van der Waals surface area contributed by atoms with Gasteiger partial charge < -0.3 is 15.1 Å². The Hall–Kier alpha value is -1.92. The number of hydrogen-bond donors (Lipinski definition) is 1. The van der Waals surface area contributed by atoms with Crippen LogP contribution in [0.3, 0.4) is 0 Å². The molecule has 148 valence electrons. The summed E-state index contributed by atoms with van der Waals surface area (Å²) in [6.07, 6.45) is 5.29. The molecule has 2 aliphatic rings. The highest BCUT2D eigenvalue weighted by atomic mass is 16.2. The Kier molecular flexibility index (Phi) is 7.66. The Morgan fingerprint density at radius 1 is 0.815 bits per heavy atom. The third-order valence-electron chi connectivity index (χ3n) is 5.50. The first-order valence-electron chi connectivity index (χ1n) is 10.3. The van der Waals surface area contributed by atoms with Crippen molar-refractivity contribution in [2.24, 2.45) is 0 Å². The van der Waals surface area contributed by atoms with Crippen molar-refractivity contribution in [1.29, 1.82) is 0 Å². The molecule has 0 spiro atoms. The number of carbonyl (C=O) groups is 2. The molecule has 1 aromatic rings. The Morgan fingerprint density at radius 3 is 2.11 bits per heavy atom. The maximum Gasteiger partial charge on any atom is 0.236 e. The third-order valence-corrected chi connectivity index (χ3v) is 5.50. The normalized spacial score (nSPS) is 19.5. The van der Waals surface area contributed by atoms with Gasteiger partial charge in [0.2, 0.25) is 11.8 Å². The summed E-state index contributed by atoms with van der Waals surface area (Å²) >= 11 is 0. The van der Waals surface area contributed by atoms with E-state index in [0.29, 0.717) is 13.0 Å². The lowest BCUT2D eigenvalue weighted by Gasteiger charge is -2.35. The van der Waals surface area contributed by atoms with Crippen LogP contribution in [0.4, 0.5) is 5.69 Å². The van der Waals surface area contributed by atoms with Crippen molar-refractivity contribution in [3.63, 3.8) is 0 Å². The van der Waals surface area contributed by atoms with Crippen molar-refractivity contribution in [2.45, 2.75) is 32.1 Å². The zero-order valence-electron chi connectivity index (χ0n) is 16.2. The lowest BCUT2D eigenvalue weighted by molar-refractivity contribution is -0.132. The number of hydrogen-bond acceptors (Lipinski definition) is 4. The van der Waals surface area contributed by atoms with Crippen molar-refractivity contribution in [3.8, 4) is 0 Å². The van der Waals surface area contributed by atoms with Crippen LogP contribution in [0, 0.1) is 0 Å². The minimum Gasteiger partial charge on any atom is -0.342 e. The average molecular weight is 373 g/mol. The molecule has 2 amide bonds. The van der Waals surface area contributed by atoms with Crippen molar-refractivity contribution in [3.05, 3.63) is 30.3 Å². The van der Waals surface area contributed by atoms with Crippen LogP contribution in [0.5, 0.6) is 0 Å². The van der Waals surface area contributed by atoms with Gasteiger partial charge >= 0.3 is 0 Å². The lowest BCUT2D eigenvalue weighted by Crippen LogP contribution is -2.50. The SMILES string of the molecule is O=C(CCN1CCN(CC(=O)N2CCCCCC2)CC1)Nc1ccccc1. The minimum atomic E-state index is 0.0555. The molecule has 2 fully saturated rings. The quantitative estimate of drug-likeness (QED) is 0.830. The van der Waals surface area contributed by atoms with E-state index >= 15 is 0 Å². The molecule has 0 bridgehead atoms. The van der Waals surface area contributed by atoms with Gasteiger partial charge in [0.25, 0.3) is 0 Å². The van der Waals surface area contributed by atoms with Crippen LogP contribution in [0.1, 0.15) is 32.1 Å². The van der Waals surface area contributed by atoms with E-state index in [0.717, 1.165) is 64.3 Å². The van der Waals surface area contributed by atoms with Gasteiger partial charge in [0.15, 0.2) is 0 Å². The molecule has 6 nitrogen and oxygen atoms in total. The largest absolute Gasteiger partial charge is 0.342 e. The van der Waals surface area contributed by atoms with E-state index in [9.17, 15) is 9.59 Å². The van der Waals surface area contributed by atoms with Crippen LogP contribution in [-0.4, -0.2) is 78.9 Å². The van der Waals surface area contributed by atoms with Crippen LogP contribution in [0.25, 0.3) is 0 Å². The molecule has 2 heterocycles. The number of nitrogens with one attached hydrogen (secondary N) is 1. The van der Waals surface area contributed by atoms with Gasteiger partial charge in [-0.15, -0.1) is 0 Å². The molecule has 0 saturated carbocycles. The first-order chi connectivity index (χ1) is 13.2. The van der Waals surface area contributed by atoms with E-state index in [1.807, 2.05) is 35.2 Å².